The van der Waals surface area contributed by atoms with E-state index in [1.165, 1.54) is 0 Å². The molecule has 0 aliphatic rings. The number of benzene rings is 1. The number of hydrogen-bond donors (Lipinski definition) is 1. The molecule has 1 rings (SSSR count). The summed E-state index contributed by atoms with van der Waals surface area (Å²) >= 11 is 0. The minimum atomic E-state index is -0.0373. The first-order valence-electron chi connectivity index (χ1n) is 6.56. The molecule has 0 heterocycles. The molecule has 3 heteroatoms. The van der Waals surface area contributed by atoms with Crippen LogP contribution < -0.4 is 10.1 Å². The molecule has 0 spiro atoms. The molecule has 3 nitrogen and oxygen atoms in total. The monoisotopic (exact) mass is 249 g/mol. The van der Waals surface area contributed by atoms with Gasteiger partial charge in [-0.15, -0.1) is 0 Å². The fourth-order valence-corrected chi connectivity index (χ4v) is 1.97. The van der Waals surface area contributed by atoms with E-state index in [1.54, 1.807) is 12.1 Å². The Balaban J connectivity index is 2.63. The van der Waals surface area contributed by atoms with E-state index in [4.69, 9.17) is 4.74 Å². The van der Waals surface area contributed by atoms with Crippen molar-refractivity contribution in [3.63, 3.8) is 0 Å². The lowest BCUT2D eigenvalue weighted by atomic mass is 10.0. The summed E-state index contributed by atoms with van der Waals surface area (Å²) in [5.41, 5.74) is 0.650. The number of ether oxygens (including phenoxy) is 1. The highest BCUT2D eigenvalue weighted by molar-refractivity contribution is 5.94. The van der Waals surface area contributed by atoms with Crippen LogP contribution >= 0.6 is 0 Å². The Bertz CT molecular complexity index is 388. The molecule has 1 atom stereocenters. The molecular formula is C15H23NO2. The molecule has 0 saturated heterocycles. The summed E-state index contributed by atoms with van der Waals surface area (Å²) in [6, 6.07) is 7.47. The summed E-state index contributed by atoms with van der Waals surface area (Å²) in [7, 11) is 0. The van der Waals surface area contributed by atoms with Crippen LogP contribution in [0, 0.1) is 5.92 Å². The van der Waals surface area contributed by atoms with Crippen molar-refractivity contribution < 1.29 is 9.53 Å². The third kappa shape index (κ3) is 4.78. The molecule has 18 heavy (non-hydrogen) atoms. The van der Waals surface area contributed by atoms with Gasteiger partial charge in [0.25, 0.3) is 5.91 Å². The molecule has 0 radical (unpaired) electrons. The highest BCUT2D eigenvalue weighted by atomic mass is 16.5. The SMILES string of the molecule is CCOc1cccc(C(=O)N[C@@H](C)CC(C)C)c1. The zero-order valence-corrected chi connectivity index (χ0v) is 11.7. The Labute approximate surface area is 110 Å². The minimum absolute atomic E-state index is 0.0373. The molecule has 1 amide bonds. The third-order valence-electron chi connectivity index (χ3n) is 2.61. The van der Waals surface area contributed by atoms with Crippen molar-refractivity contribution in [3.05, 3.63) is 29.8 Å². The zero-order valence-electron chi connectivity index (χ0n) is 11.7. The normalized spacial score (nSPS) is 12.3. The molecule has 1 aromatic carbocycles. The van der Waals surface area contributed by atoms with Gasteiger partial charge in [0.05, 0.1) is 6.61 Å². The average Bonchev–Trinajstić information content (AvgIpc) is 2.28. The summed E-state index contributed by atoms with van der Waals surface area (Å²) in [6.07, 6.45) is 0.983. The lowest BCUT2D eigenvalue weighted by Gasteiger charge is -2.16. The molecule has 100 valence electrons. The van der Waals surface area contributed by atoms with Crippen LogP contribution in [0.15, 0.2) is 24.3 Å². The number of hydrogen-bond acceptors (Lipinski definition) is 2. The second-order valence-electron chi connectivity index (χ2n) is 4.96. The van der Waals surface area contributed by atoms with E-state index in [0.29, 0.717) is 18.1 Å². The molecule has 0 bridgehead atoms. The van der Waals surface area contributed by atoms with Crippen molar-refractivity contribution >= 4 is 5.91 Å². The topological polar surface area (TPSA) is 38.3 Å². The van der Waals surface area contributed by atoms with Crippen molar-refractivity contribution in [2.75, 3.05) is 6.61 Å². The summed E-state index contributed by atoms with van der Waals surface area (Å²) < 4.78 is 5.39. The second-order valence-corrected chi connectivity index (χ2v) is 4.96. The Morgan fingerprint density at radius 3 is 2.67 bits per heavy atom. The van der Waals surface area contributed by atoms with Crippen LogP contribution in [0.1, 0.15) is 44.5 Å². The molecule has 1 N–H and O–H groups in total. The maximum absolute atomic E-state index is 12.0. The smallest absolute Gasteiger partial charge is 0.251 e. The summed E-state index contributed by atoms with van der Waals surface area (Å²) in [5.74, 6) is 1.28. The fourth-order valence-electron chi connectivity index (χ4n) is 1.97. The molecule has 1 aromatic rings. The average molecular weight is 249 g/mol. The number of carbonyl (C=O) groups is 1. The Hall–Kier alpha value is -1.51. The predicted molar refractivity (Wildman–Crippen MR) is 74.0 cm³/mol. The largest absolute Gasteiger partial charge is 0.494 e. The van der Waals surface area contributed by atoms with Crippen molar-refractivity contribution in [1.82, 2.24) is 5.32 Å². The highest BCUT2D eigenvalue weighted by Crippen LogP contribution is 2.13. The van der Waals surface area contributed by atoms with Gasteiger partial charge >= 0.3 is 0 Å². The van der Waals surface area contributed by atoms with Gasteiger partial charge in [0.1, 0.15) is 5.75 Å². The molecule has 0 aliphatic heterocycles. The molecule has 0 unspecified atom stereocenters. The van der Waals surface area contributed by atoms with Gasteiger partial charge in [-0.3, -0.25) is 4.79 Å². The first-order chi connectivity index (χ1) is 8.52. The number of rotatable bonds is 6. The third-order valence-corrected chi connectivity index (χ3v) is 2.61. The zero-order chi connectivity index (χ0) is 13.5. The van der Waals surface area contributed by atoms with Crippen LogP contribution in [0.25, 0.3) is 0 Å². The van der Waals surface area contributed by atoms with E-state index >= 15 is 0 Å². The van der Waals surface area contributed by atoms with Crippen LogP contribution in [-0.2, 0) is 0 Å². The van der Waals surface area contributed by atoms with Gasteiger partial charge in [-0.25, -0.2) is 0 Å². The fraction of sp³-hybridized carbons (Fsp3) is 0.533. The molecule has 0 fully saturated rings. The molecule has 0 saturated carbocycles. The van der Waals surface area contributed by atoms with E-state index in [0.717, 1.165) is 12.2 Å². The standard InChI is InChI=1S/C15H23NO2/c1-5-18-14-8-6-7-13(10-14)15(17)16-12(4)9-11(2)3/h6-8,10-12H,5,9H2,1-4H3,(H,16,17)/t12-/m0/s1. The number of nitrogens with one attached hydrogen (secondary N) is 1. The summed E-state index contributed by atoms with van der Waals surface area (Å²) in [4.78, 5) is 12.0. The minimum Gasteiger partial charge on any atom is -0.494 e. The summed E-state index contributed by atoms with van der Waals surface area (Å²) in [6.45, 7) is 8.87. The van der Waals surface area contributed by atoms with Gasteiger partial charge in [0, 0.05) is 11.6 Å². The lowest BCUT2D eigenvalue weighted by molar-refractivity contribution is 0.0935. The Kier molecular flexibility index (Phi) is 5.69. The van der Waals surface area contributed by atoms with E-state index < -0.39 is 0 Å². The second kappa shape index (κ2) is 7.04. The lowest BCUT2D eigenvalue weighted by Crippen LogP contribution is -2.33. The van der Waals surface area contributed by atoms with Gasteiger partial charge in [0.2, 0.25) is 0 Å². The van der Waals surface area contributed by atoms with Crippen LogP contribution in [0.4, 0.5) is 0 Å². The van der Waals surface area contributed by atoms with Crippen LogP contribution in [0.3, 0.4) is 0 Å². The maximum Gasteiger partial charge on any atom is 0.251 e. The van der Waals surface area contributed by atoms with Gasteiger partial charge in [-0.05, 0) is 44.4 Å². The van der Waals surface area contributed by atoms with E-state index in [-0.39, 0.29) is 11.9 Å². The first kappa shape index (κ1) is 14.6. The van der Waals surface area contributed by atoms with Crippen molar-refractivity contribution in [1.29, 1.82) is 0 Å². The van der Waals surface area contributed by atoms with Gasteiger partial charge < -0.3 is 10.1 Å². The van der Waals surface area contributed by atoms with Crippen LogP contribution in [-0.4, -0.2) is 18.6 Å². The first-order valence-corrected chi connectivity index (χ1v) is 6.56. The van der Waals surface area contributed by atoms with Crippen molar-refractivity contribution in [2.24, 2.45) is 5.92 Å². The number of amides is 1. The van der Waals surface area contributed by atoms with E-state index in [2.05, 4.69) is 19.2 Å². The van der Waals surface area contributed by atoms with Crippen molar-refractivity contribution in [3.8, 4) is 5.75 Å². The van der Waals surface area contributed by atoms with Gasteiger partial charge in [0.15, 0.2) is 0 Å². The van der Waals surface area contributed by atoms with Crippen molar-refractivity contribution in [2.45, 2.75) is 40.2 Å². The van der Waals surface area contributed by atoms with Crippen LogP contribution in [0.5, 0.6) is 5.75 Å². The molecule has 0 aliphatic carbocycles. The van der Waals surface area contributed by atoms with E-state index in [9.17, 15) is 4.79 Å². The molecular weight excluding hydrogens is 226 g/mol. The maximum atomic E-state index is 12.0. The molecule has 0 aromatic heterocycles. The number of carbonyl (C=O) groups excluding carboxylic acids is 1. The Morgan fingerprint density at radius 1 is 1.33 bits per heavy atom. The van der Waals surface area contributed by atoms with Crippen LogP contribution in [0.2, 0.25) is 0 Å². The van der Waals surface area contributed by atoms with E-state index in [1.807, 2.05) is 26.0 Å². The summed E-state index contributed by atoms with van der Waals surface area (Å²) in [5, 5.41) is 3.00. The highest BCUT2D eigenvalue weighted by Gasteiger charge is 2.11. The predicted octanol–water partition coefficient (Wildman–Crippen LogP) is 3.25. The van der Waals surface area contributed by atoms with Gasteiger partial charge in [-0.2, -0.15) is 0 Å². The van der Waals surface area contributed by atoms with Gasteiger partial charge in [-0.1, -0.05) is 19.9 Å². The Morgan fingerprint density at radius 2 is 2.06 bits per heavy atom. The quantitative estimate of drug-likeness (QED) is 0.840.